The molecule has 0 unspecified atom stereocenters. The number of halogens is 2. The second kappa shape index (κ2) is 6.28. The first-order chi connectivity index (χ1) is 10.2. The summed E-state index contributed by atoms with van der Waals surface area (Å²) in [5.41, 5.74) is 0.722. The molecule has 0 spiro atoms. The molecule has 0 radical (unpaired) electrons. The van der Waals surface area contributed by atoms with Gasteiger partial charge in [0, 0.05) is 6.26 Å². The smallest absolute Gasteiger partial charge is 0.343 e. The Morgan fingerprint density at radius 1 is 1.09 bits per heavy atom. The Kier molecular flexibility index (Phi) is 4.80. The molecule has 7 heteroatoms. The fraction of sp³-hybridized carbons (Fsp3) is 0.133. The first-order valence-corrected chi connectivity index (χ1v) is 8.82. The summed E-state index contributed by atoms with van der Waals surface area (Å²) in [5.74, 6) is -0.682. The van der Waals surface area contributed by atoms with Crippen LogP contribution in [-0.4, -0.2) is 20.6 Å². The number of hydrogen-bond donors (Lipinski definition) is 0. The summed E-state index contributed by atoms with van der Waals surface area (Å²) in [6.07, 6.45) is 1.07. The average Bonchev–Trinajstić information content (AvgIpc) is 2.42. The van der Waals surface area contributed by atoms with Gasteiger partial charge >= 0.3 is 5.97 Å². The number of sulfone groups is 1. The first-order valence-electron chi connectivity index (χ1n) is 6.17. The number of carbonyl (C=O) groups excluding carboxylic acids is 1. The molecule has 0 aliphatic heterocycles. The van der Waals surface area contributed by atoms with Crippen LogP contribution in [0.2, 0.25) is 10.0 Å². The summed E-state index contributed by atoms with van der Waals surface area (Å²) < 4.78 is 28.4. The molecule has 22 heavy (non-hydrogen) atoms. The Balaban J connectivity index is 2.42. The van der Waals surface area contributed by atoms with Crippen molar-refractivity contribution in [3.05, 3.63) is 57.6 Å². The van der Waals surface area contributed by atoms with E-state index in [4.69, 9.17) is 27.9 Å². The molecule has 2 aromatic rings. The van der Waals surface area contributed by atoms with Crippen LogP contribution in [0.25, 0.3) is 0 Å². The van der Waals surface area contributed by atoms with E-state index in [1.165, 1.54) is 24.3 Å². The van der Waals surface area contributed by atoms with Crippen molar-refractivity contribution in [1.29, 1.82) is 0 Å². The van der Waals surface area contributed by atoms with E-state index in [-0.39, 0.29) is 26.3 Å². The van der Waals surface area contributed by atoms with Gasteiger partial charge in [-0.1, -0.05) is 35.3 Å². The quantitative estimate of drug-likeness (QED) is 0.616. The van der Waals surface area contributed by atoms with Gasteiger partial charge in [-0.25, -0.2) is 13.2 Å². The summed E-state index contributed by atoms with van der Waals surface area (Å²) in [4.78, 5) is 12.3. The summed E-state index contributed by atoms with van der Waals surface area (Å²) in [6, 6.07) is 8.95. The maximum absolute atomic E-state index is 12.3. The van der Waals surface area contributed by atoms with E-state index in [0.717, 1.165) is 6.26 Å². The van der Waals surface area contributed by atoms with Crippen molar-refractivity contribution in [2.75, 3.05) is 6.26 Å². The standard InChI is InChI=1S/C15H12Cl2O4S/c1-9-6-7-10(22(2,19)20)8-11(9)15(18)21-14-12(16)4-3-5-13(14)17/h3-8H,1-2H3. The maximum atomic E-state index is 12.3. The SMILES string of the molecule is Cc1ccc(S(C)(=O)=O)cc1C(=O)Oc1c(Cl)cccc1Cl. The third kappa shape index (κ3) is 3.61. The molecule has 0 amide bonds. The zero-order valence-corrected chi connectivity index (χ0v) is 14.1. The number of aryl methyl sites for hydroxylation is 1. The van der Waals surface area contributed by atoms with Gasteiger partial charge in [-0.3, -0.25) is 0 Å². The highest BCUT2D eigenvalue weighted by Gasteiger charge is 2.18. The van der Waals surface area contributed by atoms with Crippen LogP contribution < -0.4 is 4.74 Å². The average molecular weight is 359 g/mol. The van der Waals surface area contributed by atoms with Gasteiger partial charge < -0.3 is 4.74 Å². The summed E-state index contributed by atoms with van der Waals surface area (Å²) in [6.45, 7) is 1.68. The lowest BCUT2D eigenvalue weighted by Crippen LogP contribution is -2.12. The molecule has 2 rings (SSSR count). The lowest BCUT2D eigenvalue weighted by atomic mass is 10.1. The summed E-state index contributed by atoms with van der Waals surface area (Å²) in [7, 11) is -3.42. The topological polar surface area (TPSA) is 60.4 Å². The van der Waals surface area contributed by atoms with E-state index in [1.807, 2.05) is 0 Å². The van der Waals surface area contributed by atoms with Gasteiger partial charge in [-0.2, -0.15) is 0 Å². The molecule has 4 nitrogen and oxygen atoms in total. The number of ether oxygens (including phenoxy) is 1. The zero-order chi connectivity index (χ0) is 16.5. The number of carbonyl (C=O) groups is 1. The van der Waals surface area contributed by atoms with Crippen molar-refractivity contribution in [2.45, 2.75) is 11.8 Å². The van der Waals surface area contributed by atoms with Crippen molar-refractivity contribution in [3.63, 3.8) is 0 Å². The molecule has 0 aliphatic rings. The number of benzene rings is 2. The van der Waals surface area contributed by atoms with Gasteiger partial charge in [0.2, 0.25) is 0 Å². The van der Waals surface area contributed by atoms with E-state index >= 15 is 0 Å². The Morgan fingerprint density at radius 3 is 2.23 bits per heavy atom. The normalized spacial score (nSPS) is 11.3. The Hall–Kier alpha value is -1.56. The van der Waals surface area contributed by atoms with Crippen molar-refractivity contribution < 1.29 is 17.9 Å². The minimum absolute atomic E-state index is 0.0373. The maximum Gasteiger partial charge on any atom is 0.343 e. The highest BCUT2D eigenvalue weighted by atomic mass is 35.5. The van der Waals surface area contributed by atoms with Crippen LogP contribution in [0.5, 0.6) is 5.75 Å². The lowest BCUT2D eigenvalue weighted by Gasteiger charge is -2.10. The number of rotatable bonds is 3. The zero-order valence-electron chi connectivity index (χ0n) is 11.8. The minimum atomic E-state index is -3.42. The molecule has 0 saturated heterocycles. The van der Waals surface area contributed by atoms with E-state index in [9.17, 15) is 13.2 Å². The molecule has 2 aromatic carbocycles. The van der Waals surface area contributed by atoms with Crippen LogP contribution in [0.4, 0.5) is 0 Å². The molecular weight excluding hydrogens is 347 g/mol. The molecule has 0 bridgehead atoms. The molecule has 0 N–H and O–H groups in total. The number of hydrogen-bond acceptors (Lipinski definition) is 4. The molecule has 0 heterocycles. The highest BCUT2D eigenvalue weighted by Crippen LogP contribution is 2.33. The lowest BCUT2D eigenvalue weighted by molar-refractivity contribution is 0.0734. The molecule has 0 fully saturated rings. The largest absolute Gasteiger partial charge is 0.420 e. The van der Waals surface area contributed by atoms with Crippen LogP contribution >= 0.6 is 23.2 Å². The van der Waals surface area contributed by atoms with Gasteiger partial charge in [-0.15, -0.1) is 0 Å². The van der Waals surface area contributed by atoms with Gasteiger partial charge in [0.05, 0.1) is 20.5 Å². The van der Waals surface area contributed by atoms with Crippen molar-refractivity contribution in [1.82, 2.24) is 0 Å². The van der Waals surface area contributed by atoms with Crippen molar-refractivity contribution in [2.24, 2.45) is 0 Å². The summed E-state index contributed by atoms with van der Waals surface area (Å²) >= 11 is 11.9. The first kappa shape index (κ1) is 16.8. The Labute approximate surface area is 138 Å². The van der Waals surface area contributed by atoms with Gasteiger partial charge in [0.15, 0.2) is 15.6 Å². The van der Waals surface area contributed by atoms with Gasteiger partial charge in [0.25, 0.3) is 0 Å². The summed E-state index contributed by atoms with van der Waals surface area (Å²) in [5, 5.41) is 0.385. The Morgan fingerprint density at radius 2 is 1.68 bits per heavy atom. The third-order valence-electron chi connectivity index (χ3n) is 2.97. The van der Waals surface area contributed by atoms with Crippen molar-refractivity contribution >= 4 is 39.0 Å². The molecular formula is C15H12Cl2O4S. The fourth-order valence-electron chi connectivity index (χ4n) is 1.78. The second-order valence-corrected chi connectivity index (χ2v) is 7.52. The molecule has 0 saturated carbocycles. The van der Waals surface area contributed by atoms with E-state index in [2.05, 4.69) is 0 Å². The van der Waals surface area contributed by atoms with Gasteiger partial charge in [0.1, 0.15) is 0 Å². The van der Waals surface area contributed by atoms with E-state index in [1.54, 1.807) is 19.1 Å². The van der Waals surface area contributed by atoms with Crippen LogP contribution in [0, 0.1) is 6.92 Å². The van der Waals surface area contributed by atoms with E-state index < -0.39 is 15.8 Å². The third-order valence-corrected chi connectivity index (χ3v) is 4.68. The molecule has 0 atom stereocenters. The van der Waals surface area contributed by atoms with Gasteiger partial charge in [-0.05, 0) is 36.8 Å². The van der Waals surface area contributed by atoms with Crippen LogP contribution in [0.1, 0.15) is 15.9 Å². The van der Waals surface area contributed by atoms with Crippen LogP contribution in [-0.2, 0) is 9.84 Å². The highest BCUT2D eigenvalue weighted by molar-refractivity contribution is 7.90. The molecule has 0 aliphatic carbocycles. The van der Waals surface area contributed by atoms with Crippen molar-refractivity contribution in [3.8, 4) is 5.75 Å². The molecule has 0 aromatic heterocycles. The Bertz CT molecular complexity index is 824. The number of esters is 1. The monoisotopic (exact) mass is 358 g/mol. The predicted molar refractivity (Wildman–Crippen MR) is 85.7 cm³/mol. The van der Waals surface area contributed by atoms with Crippen LogP contribution in [0.15, 0.2) is 41.3 Å². The van der Waals surface area contributed by atoms with Crippen LogP contribution in [0.3, 0.4) is 0 Å². The second-order valence-electron chi connectivity index (χ2n) is 4.69. The van der Waals surface area contributed by atoms with E-state index in [0.29, 0.717) is 5.56 Å². The predicted octanol–water partition coefficient (Wildman–Crippen LogP) is 3.92. The number of para-hydroxylation sites is 1. The molecule has 116 valence electrons. The minimum Gasteiger partial charge on any atom is -0.420 e. The fourth-order valence-corrected chi connectivity index (χ4v) is 2.90.